The molecule has 120 valence electrons. The van der Waals surface area contributed by atoms with E-state index in [9.17, 15) is 4.79 Å². The number of rotatable bonds is 1. The summed E-state index contributed by atoms with van der Waals surface area (Å²) in [6, 6.07) is 9.34. The molecule has 0 radical (unpaired) electrons. The Morgan fingerprint density at radius 2 is 2.13 bits per heavy atom. The smallest absolute Gasteiger partial charge is 0.228 e. The van der Waals surface area contributed by atoms with Gasteiger partial charge in [-0.1, -0.05) is 31.5 Å². The van der Waals surface area contributed by atoms with Crippen LogP contribution in [0.3, 0.4) is 0 Å². The highest BCUT2D eigenvalue weighted by Gasteiger charge is 2.60. The van der Waals surface area contributed by atoms with Crippen LogP contribution in [0.2, 0.25) is 0 Å². The number of para-hydroxylation sites is 1. The van der Waals surface area contributed by atoms with E-state index in [1.165, 1.54) is 30.4 Å². The van der Waals surface area contributed by atoms with Gasteiger partial charge in [0, 0.05) is 42.8 Å². The first kappa shape index (κ1) is 13.6. The van der Waals surface area contributed by atoms with E-state index in [0.29, 0.717) is 17.9 Å². The Balaban J connectivity index is 1.76. The molecule has 5 rings (SSSR count). The molecule has 1 saturated carbocycles. The van der Waals surface area contributed by atoms with Crippen molar-refractivity contribution in [3.05, 3.63) is 36.0 Å². The van der Waals surface area contributed by atoms with Crippen LogP contribution in [0.5, 0.6) is 0 Å². The highest BCUT2D eigenvalue weighted by molar-refractivity contribution is 6.06. The molecule has 23 heavy (non-hydrogen) atoms. The summed E-state index contributed by atoms with van der Waals surface area (Å²) in [5.74, 6) is 0.922. The number of fused-ring (bicyclic) bond motifs is 3. The molecule has 0 bridgehead atoms. The molecule has 0 spiro atoms. The summed E-state index contributed by atoms with van der Waals surface area (Å²) >= 11 is 0. The maximum Gasteiger partial charge on any atom is 0.228 e. The van der Waals surface area contributed by atoms with E-state index >= 15 is 0 Å². The zero-order valence-electron chi connectivity index (χ0n) is 14.0. The van der Waals surface area contributed by atoms with Crippen LogP contribution in [0.25, 0.3) is 5.57 Å². The van der Waals surface area contributed by atoms with E-state index in [1.54, 1.807) is 0 Å². The SMILES string of the molecule is CC[C@@]12CCC[C@H]3[C@@H]1[C@H]1C(=CN3C)c3ccccc3N1C(=O)C2. The van der Waals surface area contributed by atoms with Crippen LogP contribution >= 0.6 is 0 Å². The molecule has 2 fully saturated rings. The highest BCUT2D eigenvalue weighted by atomic mass is 16.2. The van der Waals surface area contributed by atoms with E-state index < -0.39 is 0 Å². The van der Waals surface area contributed by atoms with Gasteiger partial charge in [0.1, 0.15) is 0 Å². The molecule has 0 aromatic heterocycles. The molecule has 3 heterocycles. The minimum Gasteiger partial charge on any atom is -0.377 e. The number of piperidine rings is 1. The van der Waals surface area contributed by atoms with Crippen LogP contribution in [0.15, 0.2) is 30.5 Å². The molecule has 4 aliphatic rings. The Kier molecular flexibility index (Phi) is 2.61. The molecule has 3 heteroatoms. The van der Waals surface area contributed by atoms with Crippen LogP contribution in [0, 0.1) is 11.3 Å². The lowest BCUT2D eigenvalue weighted by Gasteiger charge is -2.59. The number of amides is 1. The molecule has 1 saturated heterocycles. The molecule has 1 amide bonds. The Hall–Kier alpha value is -1.77. The number of anilines is 1. The standard InChI is InChI=1S/C20H24N2O/c1-3-20-10-6-9-16-18(20)19-14(12-21(16)2)13-7-4-5-8-15(13)22(19)17(23)11-20/h4-5,7-8,12,16,18-19H,3,6,9-11H2,1-2H3/t16-,18+,19+,20-/m0/s1. The van der Waals surface area contributed by atoms with Crippen molar-refractivity contribution in [2.75, 3.05) is 11.9 Å². The first-order valence-corrected chi connectivity index (χ1v) is 9.01. The van der Waals surface area contributed by atoms with Gasteiger partial charge in [0.05, 0.1) is 11.7 Å². The third kappa shape index (κ3) is 1.53. The predicted molar refractivity (Wildman–Crippen MR) is 91.9 cm³/mol. The number of benzene rings is 1. The van der Waals surface area contributed by atoms with E-state index in [4.69, 9.17) is 0 Å². The van der Waals surface area contributed by atoms with Crippen molar-refractivity contribution in [2.45, 2.75) is 51.1 Å². The Labute approximate surface area is 138 Å². The van der Waals surface area contributed by atoms with Crippen LogP contribution in [0.1, 0.15) is 44.6 Å². The maximum atomic E-state index is 13.1. The van der Waals surface area contributed by atoms with Gasteiger partial charge in [-0.2, -0.15) is 0 Å². The second-order valence-electron chi connectivity index (χ2n) is 7.85. The molecule has 3 aliphatic heterocycles. The normalized spacial score (nSPS) is 37.4. The molecule has 1 aromatic carbocycles. The summed E-state index contributed by atoms with van der Waals surface area (Å²) in [5.41, 5.74) is 3.99. The third-order valence-electron chi connectivity index (χ3n) is 7.05. The van der Waals surface area contributed by atoms with E-state index in [0.717, 1.165) is 18.5 Å². The van der Waals surface area contributed by atoms with Gasteiger partial charge in [-0.25, -0.2) is 0 Å². The summed E-state index contributed by atoms with van der Waals surface area (Å²) in [5, 5.41) is 0. The van der Waals surface area contributed by atoms with E-state index in [1.807, 2.05) is 0 Å². The average Bonchev–Trinajstić information content (AvgIpc) is 2.90. The Morgan fingerprint density at radius 1 is 1.30 bits per heavy atom. The number of carbonyl (C=O) groups excluding carboxylic acids is 1. The Morgan fingerprint density at radius 3 is 2.96 bits per heavy atom. The lowest BCUT2D eigenvalue weighted by atomic mass is 9.55. The molecular weight excluding hydrogens is 284 g/mol. The summed E-state index contributed by atoms with van der Waals surface area (Å²) in [6.45, 7) is 2.30. The minimum atomic E-state index is 0.205. The maximum absolute atomic E-state index is 13.1. The predicted octanol–water partition coefficient (Wildman–Crippen LogP) is 3.66. The van der Waals surface area contributed by atoms with Crippen LogP contribution in [-0.4, -0.2) is 29.9 Å². The molecule has 4 atom stereocenters. The lowest BCUT2D eigenvalue weighted by molar-refractivity contribution is -0.129. The van der Waals surface area contributed by atoms with E-state index in [-0.39, 0.29) is 11.5 Å². The van der Waals surface area contributed by atoms with Crippen LogP contribution in [0.4, 0.5) is 5.69 Å². The fourth-order valence-electron chi connectivity index (χ4n) is 6.03. The van der Waals surface area contributed by atoms with Crippen molar-refractivity contribution in [3.63, 3.8) is 0 Å². The quantitative estimate of drug-likeness (QED) is 0.790. The van der Waals surface area contributed by atoms with Crippen molar-refractivity contribution in [1.29, 1.82) is 0 Å². The van der Waals surface area contributed by atoms with Gasteiger partial charge in [-0.3, -0.25) is 4.79 Å². The lowest BCUT2D eigenvalue weighted by Crippen LogP contribution is -2.64. The van der Waals surface area contributed by atoms with Gasteiger partial charge in [0.15, 0.2) is 0 Å². The van der Waals surface area contributed by atoms with Crippen LogP contribution < -0.4 is 4.90 Å². The van der Waals surface area contributed by atoms with Crippen molar-refractivity contribution in [1.82, 2.24) is 4.90 Å². The fourth-order valence-corrected chi connectivity index (χ4v) is 6.03. The second-order valence-corrected chi connectivity index (χ2v) is 7.85. The van der Waals surface area contributed by atoms with E-state index in [2.05, 4.69) is 54.2 Å². The summed E-state index contributed by atoms with van der Waals surface area (Å²) in [4.78, 5) is 17.7. The van der Waals surface area contributed by atoms with Gasteiger partial charge in [0.2, 0.25) is 5.91 Å². The van der Waals surface area contributed by atoms with Crippen LogP contribution in [-0.2, 0) is 4.79 Å². The average molecular weight is 308 g/mol. The first-order chi connectivity index (χ1) is 11.2. The molecular formula is C20H24N2O. The molecule has 1 aromatic rings. The van der Waals surface area contributed by atoms with Crippen molar-refractivity contribution >= 4 is 17.2 Å². The third-order valence-corrected chi connectivity index (χ3v) is 7.05. The zero-order chi connectivity index (χ0) is 15.8. The largest absolute Gasteiger partial charge is 0.377 e. The van der Waals surface area contributed by atoms with Gasteiger partial charge in [0.25, 0.3) is 0 Å². The van der Waals surface area contributed by atoms with Gasteiger partial charge < -0.3 is 9.80 Å². The second kappa shape index (κ2) is 4.40. The zero-order valence-corrected chi connectivity index (χ0v) is 14.0. The van der Waals surface area contributed by atoms with Gasteiger partial charge >= 0.3 is 0 Å². The number of hydrogen-bond acceptors (Lipinski definition) is 2. The monoisotopic (exact) mass is 308 g/mol. The summed E-state index contributed by atoms with van der Waals surface area (Å²) < 4.78 is 0. The minimum absolute atomic E-state index is 0.205. The summed E-state index contributed by atoms with van der Waals surface area (Å²) in [6.07, 6.45) is 7.93. The topological polar surface area (TPSA) is 23.6 Å². The number of hydrogen-bond donors (Lipinski definition) is 0. The number of nitrogens with zero attached hydrogens (tertiary/aromatic N) is 2. The molecule has 1 aliphatic carbocycles. The van der Waals surface area contributed by atoms with Crippen molar-refractivity contribution < 1.29 is 4.79 Å². The fraction of sp³-hybridized carbons (Fsp3) is 0.550. The summed E-state index contributed by atoms with van der Waals surface area (Å²) in [7, 11) is 2.24. The Bertz CT molecular complexity index is 724. The van der Waals surface area contributed by atoms with Crippen molar-refractivity contribution in [2.24, 2.45) is 11.3 Å². The van der Waals surface area contributed by atoms with Gasteiger partial charge in [-0.15, -0.1) is 0 Å². The first-order valence-electron chi connectivity index (χ1n) is 9.01. The molecule has 0 unspecified atom stereocenters. The molecule has 3 nitrogen and oxygen atoms in total. The highest BCUT2D eigenvalue weighted by Crippen LogP contribution is 2.60. The number of carbonyl (C=O) groups is 1. The van der Waals surface area contributed by atoms with Crippen molar-refractivity contribution in [3.8, 4) is 0 Å². The van der Waals surface area contributed by atoms with Gasteiger partial charge in [-0.05, 0) is 30.7 Å². The molecule has 0 N–H and O–H groups in total.